The Hall–Kier alpha value is -2.70. The molecule has 0 radical (unpaired) electrons. The molecule has 0 bridgehead atoms. The highest BCUT2D eigenvalue weighted by Gasteiger charge is 2.12. The SMILES string of the molecule is COc1cccc(CCCCCOc2ccc(CNCCCO[P+](=O)O)cc2-c2ccco2)c1. The molecule has 1 aromatic heterocycles. The van der Waals surface area contributed by atoms with Crippen molar-refractivity contribution in [3.05, 3.63) is 72.0 Å². The van der Waals surface area contributed by atoms with Crippen LogP contribution < -0.4 is 14.8 Å². The molecule has 0 saturated carbocycles. The van der Waals surface area contributed by atoms with Crippen LogP contribution >= 0.6 is 8.25 Å². The van der Waals surface area contributed by atoms with Gasteiger partial charge in [-0.25, -0.2) is 0 Å². The summed E-state index contributed by atoms with van der Waals surface area (Å²) in [5, 5.41) is 3.32. The summed E-state index contributed by atoms with van der Waals surface area (Å²) in [4.78, 5) is 8.64. The molecule has 1 unspecified atom stereocenters. The average molecular weight is 487 g/mol. The van der Waals surface area contributed by atoms with Crippen LogP contribution in [0.25, 0.3) is 11.3 Å². The van der Waals surface area contributed by atoms with E-state index < -0.39 is 8.25 Å². The van der Waals surface area contributed by atoms with Crippen molar-refractivity contribution in [2.45, 2.75) is 38.6 Å². The summed E-state index contributed by atoms with van der Waals surface area (Å²) in [6.07, 6.45) is 6.52. The number of aryl methyl sites for hydroxylation is 1. The molecule has 1 atom stereocenters. The molecule has 182 valence electrons. The molecule has 0 amide bonds. The second-order valence-corrected chi connectivity index (χ2v) is 8.65. The maximum atomic E-state index is 10.5. The zero-order valence-corrected chi connectivity index (χ0v) is 20.5. The second-order valence-electron chi connectivity index (χ2n) is 7.92. The van der Waals surface area contributed by atoms with Gasteiger partial charge in [0.2, 0.25) is 0 Å². The zero-order chi connectivity index (χ0) is 24.0. The molecule has 3 aromatic rings. The Kier molecular flexibility index (Phi) is 11.1. The van der Waals surface area contributed by atoms with E-state index in [0.717, 1.165) is 54.1 Å². The molecule has 0 aliphatic carbocycles. The fourth-order valence-electron chi connectivity index (χ4n) is 3.63. The molecule has 0 aliphatic rings. The molecule has 0 saturated heterocycles. The number of methoxy groups -OCH3 is 1. The third-order valence-electron chi connectivity index (χ3n) is 5.36. The van der Waals surface area contributed by atoms with E-state index in [1.807, 2.05) is 36.4 Å². The molecule has 0 spiro atoms. The maximum absolute atomic E-state index is 10.5. The van der Waals surface area contributed by atoms with Crippen LogP contribution in [0.3, 0.4) is 0 Å². The highest BCUT2D eigenvalue weighted by Crippen LogP contribution is 2.32. The van der Waals surface area contributed by atoms with Crippen LogP contribution in [0.4, 0.5) is 0 Å². The first-order valence-corrected chi connectivity index (χ1v) is 12.7. The van der Waals surface area contributed by atoms with E-state index in [4.69, 9.17) is 18.8 Å². The number of hydrogen-bond acceptors (Lipinski definition) is 6. The molecule has 0 aliphatic heterocycles. The minimum absolute atomic E-state index is 0.253. The summed E-state index contributed by atoms with van der Waals surface area (Å²) in [6.45, 7) is 2.26. The number of nitrogens with one attached hydrogen (secondary N) is 1. The first-order chi connectivity index (χ1) is 16.7. The van der Waals surface area contributed by atoms with E-state index in [1.165, 1.54) is 5.56 Å². The fraction of sp³-hybridized carbons (Fsp3) is 0.385. The Labute approximate surface area is 202 Å². The largest absolute Gasteiger partial charge is 0.694 e. The third-order valence-corrected chi connectivity index (χ3v) is 5.76. The zero-order valence-electron chi connectivity index (χ0n) is 19.6. The van der Waals surface area contributed by atoms with Gasteiger partial charge in [0.1, 0.15) is 23.9 Å². The summed E-state index contributed by atoms with van der Waals surface area (Å²) in [5.74, 6) is 2.49. The normalized spacial score (nSPS) is 11.4. The van der Waals surface area contributed by atoms with Crippen LogP contribution in [0.5, 0.6) is 11.5 Å². The monoisotopic (exact) mass is 486 g/mol. The molecule has 3 rings (SSSR count). The van der Waals surface area contributed by atoms with Crippen LogP contribution in [0.1, 0.15) is 36.8 Å². The molecule has 7 nitrogen and oxygen atoms in total. The fourth-order valence-corrected chi connectivity index (χ4v) is 3.91. The number of benzene rings is 2. The van der Waals surface area contributed by atoms with Crippen molar-refractivity contribution in [1.82, 2.24) is 5.32 Å². The van der Waals surface area contributed by atoms with E-state index >= 15 is 0 Å². The van der Waals surface area contributed by atoms with E-state index in [9.17, 15) is 4.57 Å². The predicted octanol–water partition coefficient (Wildman–Crippen LogP) is 5.89. The van der Waals surface area contributed by atoms with Crippen molar-refractivity contribution in [2.75, 3.05) is 26.9 Å². The van der Waals surface area contributed by atoms with Gasteiger partial charge in [-0.3, -0.25) is 0 Å². The quantitative estimate of drug-likeness (QED) is 0.193. The van der Waals surface area contributed by atoms with Crippen LogP contribution in [-0.2, 0) is 22.1 Å². The van der Waals surface area contributed by atoms with Crippen molar-refractivity contribution in [3.63, 3.8) is 0 Å². The van der Waals surface area contributed by atoms with Crippen LogP contribution in [0.2, 0.25) is 0 Å². The third kappa shape index (κ3) is 8.92. The Bertz CT molecular complexity index is 1010. The lowest BCUT2D eigenvalue weighted by molar-refractivity contribution is 0.276. The summed E-state index contributed by atoms with van der Waals surface area (Å²) in [6, 6.07) is 18.1. The Morgan fingerprint density at radius 1 is 0.971 bits per heavy atom. The highest BCUT2D eigenvalue weighted by atomic mass is 31.1. The van der Waals surface area contributed by atoms with Gasteiger partial charge in [-0.05, 0) is 86.2 Å². The van der Waals surface area contributed by atoms with E-state index in [1.54, 1.807) is 13.4 Å². The average Bonchev–Trinajstić information content (AvgIpc) is 3.39. The molecule has 0 fully saturated rings. The van der Waals surface area contributed by atoms with Gasteiger partial charge in [0, 0.05) is 11.1 Å². The predicted molar refractivity (Wildman–Crippen MR) is 132 cm³/mol. The summed E-state index contributed by atoms with van der Waals surface area (Å²) >= 11 is 0. The number of hydrogen-bond donors (Lipinski definition) is 2. The van der Waals surface area contributed by atoms with Crippen molar-refractivity contribution in [3.8, 4) is 22.8 Å². The maximum Gasteiger partial charge on any atom is 0.694 e. The molecule has 1 heterocycles. The summed E-state index contributed by atoms with van der Waals surface area (Å²) < 4.78 is 32.2. The molecular weight excluding hydrogens is 453 g/mol. The molecule has 2 aromatic carbocycles. The summed E-state index contributed by atoms with van der Waals surface area (Å²) in [7, 11) is -0.830. The second kappa shape index (κ2) is 14.5. The number of furan rings is 1. The van der Waals surface area contributed by atoms with E-state index in [0.29, 0.717) is 26.1 Å². The Morgan fingerprint density at radius 2 is 1.88 bits per heavy atom. The van der Waals surface area contributed by atoms with Crippen molar-refractivity contribution < 1.29 is 27.9 Å². The topological polar surface area (TPSA) is 90.2 Å². The van der Waals surface area contributed by atoms with Crippen LogP contribution in [0, 0.1) is 0 Å². The van der Waals surface area contributed by atoms with Gasteiger partial charge in [-0.1, -0.05) is 18.2 Å². The highest BCUT2D eigenvalue weighted by molar-refractivity contribution is 7.32. The number of ether oxygens (including phenoxy) is 2. The molecular formula is C26H33NO6P+. The van der Waals surface area contributed by atoms with Gasteiger partial charge in [0.15, 0.2) is 0 Å². The van der Waals surface area contributed by atoms with Crippen LogP contribution in [0.15, 0.2) is 65.3 Å². The standard InChI is InChI=1S/C26H32NO6P/c1-30-23-10-5-9-21(18-23)8-3-2-4-15-31-26-13-12-22(19-24(26)25-11-6-16-32-25)20-27-14-7-17-33-34(28)29/h5-6,9-13,16,18-19,27H,2-4,7-8,14-15,17,20H2,1H3/p+1. The molecule has 8 heteroatoms. The van der Waals surface area contributed by atoms with Gasteiger partial charge < -0.3 is 19.2 Å². The minimum atomic E-state index is -2.52. The lowest BCUT2D eigenvalue weighted by atomic mass is 10.1. The minimum Gasteiger partial charge on any atom is -0.497 e. The van der Waals surface area contributed by atoms with Gasteiger partial charge in [0.05, 0.1) is 25.5 Å². The smallest absolute Gasteiger partial charge is 0.497 e. The van der Waals surface area contributed by atoms with Gasteiger partial charge in [-0.2, -0.15) is 0 Å². The van der Waals surface area contributed by atoms with Crippen molar-refractivity contribution >= 4 is 8.25 Å². The first-order valence-electron chi connectivity index (χ1n) is 11.6. The van der Waals surface area contributed by atoms with Gasteiger partial charge in [0.25, 0.3) is 0 Å². The molecule has 34 heavy (non-hydrogen) atoms. The first kappa shape index (κ1) is 25.9. The Morgan fingerprint density at radius 3 is 2.68 bits per heavy atom. The van der Waals surface area contributed by atoms with Gasteiger partial charge in [-0.15, -0.1) is 9.42 Å². The molecule has 2 N–H and O–H groups in total. The Balaban J connectivity index is 1.45. The van der Waals surface area contributed by atoms with Gasteiger partial charge >= 0.3 is 8.25 Å². The van der Waals surface area contributed by atoms with Crippen molar-refractivity contribution in [2.24, 2.45) is 0 Å². The van der Waals surface area contributed by atoms with E-state index in [2.05, 4.69) is 28.0 Å². The lowest BCUT2D eigenvalue weighted by Gasteiger charge is -2.13. The van der Waals surface area contributed by atoms with Crippen LogP contribution in [-0.4, -0.2) is 31.8 Å². The number of rotatable bonds is 16. The lowest BCUT2D eigenvalue weighted by Crippen LogP contribution is -2.16. The summed E-state index contributed by atoms with van der Waals surface area (Å²) in [5.41, 5.74) is 3.33. The number of unbranched alkanes of at least 4 members (excludes halogenated alkanes) is 2. The van der Waals surface area contributed by atoms with Crippen molar-refractivity contribution in [1.29, 1.82) is 0 Å². The van der Waals surface area contributed by atoms with E-state index in [-0.39, 0.29) is 6.61 Å².